The molecule has 0 saturated carbocycles. The standard InChI is InChI=1S/C12H23F2N/c1-9(2)5-12(3)6-10(11(13)14)7-15(4)8-12/h9-11H,5-8H2,1-4H3/t10-,12-/m0/s1. The largest absolute Gasteiger partial charge is 0.305 e. The molecule has 15 heavy (non-hydrogen) atoms. The molecule has 0 bridgehead atoms. The molecule has 1 saturated heterocycles. The van der Waals surface area contributed by atoms with E-state index in [0.29, 0.717) is 18.9 Å². The summed E-state index contributed by atoms with van der Waals surface area (Å²) in [6, 6.07) is 0. The zero-order valence-corrected chi connectivity index (χ0v) is 10.3. The van der Waals surface area contributed by atoms with Gasteiger partial charge >= 0.3 is 0 Å². The first kappa shape index (κ1) is 12.9. The molecule has 0 aromatic heterocycles. The number of halogens is 2. The maximum Gasteiger partial charge on any atom is 0.242 e. The summed E-state index contributed by atoms with van der Waals surface area (Å²) in [5.41, 5.74) is 0.0717. The van der Waals surface area contributed by atoms with Crippen LogP contribution in [0.15, 0.2) is 0 Å². The molecule has 0 spiro atoms. The second-order valence-corrected chi connectivity index (χ2v) is 5.90. The summed E-state index contributed by atoms with van der Waals surface area (Å²) >= 11 is 0. The Morgan fingerprint density at radius 3 is 2.47 bits per heavy atom. The zero-order chi connectivity index (χ0) is 11.6. The first-order valence-corrected chi connectivity index (χ1v) is 5.79. The second kappa shape index (κ2) is 4.77. The number of hydrogen-bond donors (Lipinski definition) is 0. The SMILES string of the molecule is CC(C)C[C@@]1(C)C[C@H](C(F)F)CN(C)C1. The van der Waals surface area contributed by atoms with E-state index in [4.69, 9.17) is 0 Å². The summed E-state index contributed by atoms with van der Waals surface area (Å²) in [7, 11) is 1.95. The van der Waals surface area contributed by atoms with Gasteiger partial charge in [0.05, 0.1) is 0 Å². The first-order chi connectivity index (χ1) is 6.82. The fourth-order valence-corrected chi connectivity index (χ4v) is 3.18. The molecule has 1 fully saturated rings. The van der Waals surface area contributed by atoms with E-state index in [1.54, 1.807) is 0 Å². The Balaban J connectivity index is 2.65. The van der Waals surface area contributed by atoms with E-state index in [9.17, 15) is 8.78 Å². The highest BCUT2D eigenvalue weighted by Gasteiger charge is 2.38. The van der Waals surface area contributed by atoms with Crippen LogP contribution in [0.4, 0.5) is 8.78 Å². The van der Waals surface area contributed by atoms with Crippen molar-refractivity contribution in [1.82, 2.24) is 4.90 Å². The third kappa shape index (κ3) is 3.71. The fraction of sp³-hybridized carbons (Fsp3) is 1.00. The molecule has 1 nitrogen and oxygen atoms in total. The minimum Gasteiger partial charge on any atom is -0.305 e. The van der Waals surface area contributed by atoms with Gasteiger partial charge in [0.25, 0.3) is 0 Å². The Labute approximate surface area is 91.8 Å². The Morgan fingerprint density at radius 1 is 1.40 bits per heavy atom. The van der Waals surface area contributed by atoms with Crippen molar-refractivity contribution in [1.29, 1.82) is 0 Å². The van der Waals surface area contributed by atoms with E-state index >= 15 is 0 Å². The fourth-order valence-electron chi connectivity index (χ4n) is 3.18. The molecule has 0 aromatic rings. The van der Waals surface area contributed by atoms with Crippen molar-refractivity contribution in [2.45, 2.75) is 40.0 Å². The maximum atomic E-state index is 12.7. The smallest absolute Gasteiger partial charge is 0.242 e. The predicted octanol–water partition coefficient (Wildman–Crippen LogP) is 3.26. The Morgan fingerprint density at radius 2 is 2.00 bits per heavy atom. The molecule has 90 valence electrons. The summed E-state index contributed by atoms with van der Waals surface area (Å²) in [6.07, 6.45) is -0.451. The lowest BCUT2D eigenvalue weighted by Crippen LogP contribution is -2.46. The van der Waals surface area contributed by atoms with E-state index in [2.05, 4.69) is 25.7 Å². The van der Waals surface area contributed by atoms with Crippen LogP contribution in [-0.2, 0) is 0 Å². The highest BCUT2D eigenvalue weighted by atomic mass is 19.3. The quantitative estimate of drug-likeness (QED) is 0.704. The van der Waals surface area contributed by atoms with Gasteiger partial charge in [0, 0.05) is 19.0 Å². The Hall–Kier alpha value is -0.180. The molecule has 1 rings (SSSR count). The Kier molecular flexibility index (Phi) is 4.10. The van der Waals surface area contributed by atoms with Gasteiger partial charge in [-0.3, -0.25) is 0 Å². The van der Waals surface area contributed by atoms with Crippen LogP contribution in [0.2, 0.25) is 0 Å². The van der Waals surface area contributed by atoms with Crippen molar-refractivity contribution in [3.05, 3.63) is 0 Å². The van der Waals surface area contributed by atoms with Crippen LogP contribution < -0.4 is 0 Å². The van der Waals surface area contributed by atoms with Gasteiger partial charge in [-0.15, -0.1) is 0 Å². The second-order valence-electron chi connectivity index (χ2n) is 5.90. The molecule has 0 amide bonds. The van der Waals surface area contributed by atoms with Gasteiger partial charge in [-0.2, -0.15) is 0 Å². The van der Waals surface area contributed by atoms with Crippen LogP contribution in [0.25, 0.3) is 0 Å². The van der Waals surface area contributed by atoms with Crippen LogP contribution in [0.3, 0.4) is 0 Å². The maximum absolute atomic E-state index is 12.7. The van der Waals surface area contributed by atoms with Gasteiger partial charge in [0.1, 0.15) is 0 Å². The van der Waals surface area contributed by atoms with Gasteiger partial charge in [-0.05, 0) is 31.2 Å². The molecule has 0 radical (unpaired) electrons. The van der Waals surface area contributed by atoms with E-state index in [1.165, 1.54) is 0 Å². The lowest BCUT2D eigenvalue weighted by molar-refractivity contribution is -0.0206. The Bertz CT molecular complexity index is 202. The number of alkyl halides is 2. The van der Waals surface area contributed by atoms with Crippen molar-refractivity contribution >= 4 is 0 Å². The van der Waals surface area contributed by atoms with Crippen LogP contribution >= 0.6 is 0 Å². The lowest BCUT2D eigenvalue weighted by atomic mass is 9.72. The van der Waals surface area contributed by atoms with E-state index in [0.717, 1.165) is 13.0 Å². The topological polar surface area (TPSA) is 3.24 Å². The summed E-state index contributed by atoms with van der Waals surface area (Å²) < 4.78 is 25.5. The van der Waals surface area contributed by atoms with Gasteiger partial charge in [0.15, 0.2) is 0 Å². The van der Waals surface area contributed by atoms with Crippen molar-refractivity contribution in [3.63, 3.8) is 0 Å². The van der Waals surface area contributed by atoms with Crippen LogP contribution in [0.5, 0.6) is 0 Å². The molecule has 3 heteroatoms. The minimum atomic E-state index is -2.17. The lowest BCUT2D eigenvalue weighted by Gasteiger charge is -2.43. The predicted molar refractivity (Wildman–Crippen MR) is 59.2 cm³/mol. The van der Waals surface area contributed by atoms with Crippen LogP contribution in [0, 0.1) is 17.3 Å². The molecule has 1 heterocycles. The highest BCUT2D eigenvalue weighted by molar-refractivity contribution is 4.88. The van der Waals surface area contributed by atoms with Gasteiger partial charge in [-0.1, -0.05) is 20.8 Å². The average Bonchev–Trinajstić information content (AvgIpc) is 1.98. The number of piperidine rings is 1. The van der Waals surface area contributed by atoms with Crippen molar-refractivity contribution in [2.75, 3.05) is 20.1 Å². The third-order valence-corrected chi connectivity index (χ3v) is 3.21. The van der Waals surface area contributed by atoms with Gasteiger partial charge in [0.2, 0.25) is 6.43 Å². The highest BCUT2D eigenvalue weighted by Crippen LogP contribution is 2.39. The molecule has 0 unspecified atom stereocenters. The van der Waals surface area contributed by atoms with Crippen molar-refractivity contribution in [3.8, 4) is 0 Å². The molecular formula is C12H23F2N. The van der Waals surface area contributed by atoms with Gasteiger partial charge < -0.3 is 4.90 Å². The summed E-state index contributed by atoms with van der Waals surface area (Å²) in [6.45, 7) is 7.98. The minimum absolute atomic E-state index is 0.0717. The average molecular weight is 219 g/mol. The van der Waals surface area contributed by atoms with Crippen LogP contribution in [-0.4, -0.2) is 31.5 Å². The van der Waals surface area contributed by atoms with E-state index < -0.39 is 12.3 Å². The summed E-state index contributed by atoms with van der Waals surface area (Å²) in [5.74, 6) is 0.146. The van der Waals surface area contributed by atoms with E-state index in [1.807, 2.05) is 7.05 Å². The first-order valence-electron chi connectivity index (χ1n) is 5.79. The molecule has 0 aromatic carbocycles. The molecule has 1 aliphatic rings. The zero-order valence-electron chi connectivity index (χ0n) is 10.3. The number of rotatable bonds is 3. The number of nitrogens with zero attached hydrogens (tertiary/aromatic N) is 1. The van der Waals surface area contributed by atoms with E-state index in [-0.39, 0.29) is 5.41 Å². The number of hydrogen-bond acceptors (Lipinski definition) is 1. The van der Waals surface area contributed by atoms with Crippen LogP contribution in [0.1, 0.15) is 33.6 Å². The van der Waals surface area contributed by atoms with Gasteiger partial charge in [-0.25, -0.2) is 8.78 Å². The van der Waals surface area contributed by atoms with Crippen molar-refractivity contribution < 1.29 is 8.78 Å². The summed E-state index contributed by atoms with van der Waals surface area (Å²) in [4.78, 5) is 2.06. The number of likely N-dealkylation sites (tertiary alicyclic amines) is 1. The molecule has 0 N–H and O–H groups in total. The molecule has 1 aliphatic heterocycles. The third-order valence-electron chi connectivity index (χ3n) is 3.21. The molecule has 2 atom stereocenters. The molecule has 0 aliphatic carbocycles. The monoisotopic (exact) mass is 219 g/mol. The summed E-state index contributed by atoms with van der Waals surface area (Å²) in [5, 5.41) is 0. The van der Waals surface area contributed by atoms with Crippen molar-refractivity contribution in [2.24, 2.45) is 17.3 Å². The molecular weight excluding hydrogens is 196 g/mol. The normalized spacial score (nSPS) is 34.0.